The monoisotopic (exact) mass is 337 g/mol. The minimum Gasteiger partial charge on any atom is -0.493 e. The van der Waals surface area contributed by atoms with Gasteiger partial charge in [-0.1, -0.05) is 13.8 Å². The summed E-state index contributed by atoms with van der Waals surface area (Å²) in [5.74, 6) is -6.89. The molecule has 1 aromatic carbocycles. The molecule has 1 aromatic rings. The number of benzene rings is 1. The first-order valence-corrected chi connectivity index (χ1v) is 6.95. The highest BCUT2D eigenvalue weighted by molar-refractivity contribution is 5.49. The largest absolute Gasteiger partial charge is 0.493 e. The zero-order chi connectivity index (χ0) is 32.2. The Morgan fingerprint density at radius 3 is 3.00 bits per heavy atom. The van der Waals surface area contributed by atoms with E-state index in [1.807, 2.05) is 0 Å². The lowest BCUT2D eigenvalue weighted by molar-refractivity contribution is -0.0191. The van der Waals surface area contributed by atoms with E-state index < -0.39 is 94.1 Å². The van der Waals surface area contributed by atoms with E-state index in [0.29, 0.717) is 11.8 Å². The van der Waals surface area contributed by atoms with Gasteiger partial charge in [-0.2, -0.15) is 0 Å². The van der Waals surface area contributed by atoms with Crippen LogP contribution in [-0.4, -0.2) is 43.2 Å². The molecule has 1 N–H and O–H groups in total. The fourth-order valence-electron chi connectivity index (χ4n) is 2.77. The zero-order valence-corrected chi connectivity index (χ0v) is 12.3. The number of fused-ring (bicyclic) bond motifs is 3. The molecule has 0 aromatic heterocycles. The molecule has 2 aliphatic rings. The molecule has 4 heteroatoms. The van der Waals surface area contributed by atoms with Gasteiger partial charge in [-0.05, 0) is 54.2 Å². The van der Waals surface area contributed by atoms with E-state index >= 15 is 0 Å². The molecule has 23 heavy (non-hydrogen) atoms. The predicted molar refractivity (Wildman–Crippen MR) is 91.1 cm³/mol. The number of methoxy groups -OCH3 is 2. The number of aryl methyl sites for hydroxylation is 1. The molecule has 0 bridgehead atoms. The Morgan fingerprint density at radius 2 is 2.26 bits per heavy atom. The van der Waals surface area contributed by atoms with Crippen molar-refractivity contribution in [3.63, 3.8) is 0 Å². The first-order chi connectivity index (χ1) is 17.9. The predicted octanol–water partition coefficient (Wildman–Crippen LogP) is 3.03. The van der Waals surface area contributed by atoms with Gasteiger partial charge in [-0.15, -0.1) is 0 Å². The number of aliphatic hydroxyl groups is 1. The summed E-state index contributed by atoms with van der Waals surface area (Å²) in [7, 11) is -6.34. The normalized spacial score (nSPS) is 50.4. The maximum absolute atomic E-state index is 11.1. The van der Waals surface area contributed by atoms with Crippen LogP contribution in [0.3, 0.4) is 0 Å². The van der Waals surface area contributed by atoms with Crippen molar-refractivity contribution in [2.75, 3.05) is 27.1 Å². The van der Waals surface area contributed by atoms with Crippen LogP contribution in [0.15, 0.2) is 12.1 Å². The third-order valence-corrected chi connectivity index (χ3v) is 3.82. The molecular weight excluding hydrogens is 290 g/mol. The molecule has 3 rings (SSSR count). The van der Waals surface area contributed by atoms with Gasteiger partial charge in [0.15, 0.2) is 11.5 Å². The lowest BCUT2D eigenvalue weighted by atomic mass is 9.79. The second kappa shape index (κ2) is 6.70. The molecule has 128 valence electrons. The fraction of sp³-hybridized carbons (Fsp3) is 0.684. The van der Waals surface area contributed by atoms with Crippen molar-refractivity contribution in [3.05, 3.63) is 23.3 Å². The maximum Gasteiger partial charge on any atom is 0.161 e. The number of piperidine rings is 1. The molecule has 0 aliphatic carbocycles. The standard InChI is InChI=1S/C19H29NO3/c1-12(2)7-14-11-20-6-5-13-8-18(22-3)19(23-4)9-15(13)16(20)10-17(14)21/h8-9,12,14,16-17,21H,5-7,10-11H2,1-4H3/t14-,16-,17+/m0/s1/i1D3,3D3,4D3,5D2,6D2,7D2,11D2,12D/t12?,14-,16-,17+. The number of ether oxygens (including phenoxy) is 2. The van der Waals surface area contributed by atoms with Gasteiger partial charge in [0.1, 0.15) is 0 Å². The Labute approximate surface area is 164 Å². The molecule has 0 amide bonds. The van der Waals surface area contributed by atoms with Crippen molar-refractivity contribution in [2.45, 2.75) is 45.1 Å². The molecule has 1 fully saturated rings. The highest BCUT2D eigenvalue weighted by Crippen LogP contribution is 2.43. The summed E-state index contributed by atoms with van der Waals surface area (Å²) in [5.41, 5.74) is -0.883. The summed E-state index contributed by atoms with van der Waals surface area (Å²) >= 11 is 0. The molecule has 0 radical (unpaired) electrons. The number of rotatable bonds is 4. The number of hydrogen-bond donors (Lipinski definition) is 1. The van der Waals surface area contributed by atoms with E-state index in [1.54, 1.807) is 0 Å². The molecule has 1 saturated heterocycles. The third-order valence-electron chi connectivity index (χ3n) is 3.82. The Bertz CT molecular complexity index is 1170. The van der Waals surface area contributed by atoms with E-state index in [9.17, 15) is 5.11 Å². The fourth-order valence-corrected chi connectivity index (χ4v) is 2.77. The Hall–Kier alpha value is -1.26. The van der Waals surface area contributed by atoms with E-state index in [-0.39, 0.29) is 5.56 Å². The summed E-state index contributed by atoms with van der Waals surface area (Å²) in [4.78, 5) is 0.302. The van der Waals surface area contributed by atoms with Crippen molar-refractivity contribution < 1.29 is 39.3 Å². The minimum absolute atomic E-state index is 0.302. The molecule has 4 nitrogen and oxygen atoms in total. The minimum atomic E-state index is -3.36. The van der Waals surface area contributed by atoms with Gasteiger partial charge in [-0.3, -0.25) is 4.90 Å². The van der Waals surface area contributed by atoms with Gasteiger partial charge in [0, 0.05) is 35.5 Å². The van der Waals surface area contributed by atoms with Crippen LogP contribution in [0, 0.1) is 11.8 Å². The first-order valence-electron chi connectivity index (χ1n) is 16.0. The quantitative estimate of drug-likeness (QED) is 0.917. The second-order valence-corrected chi connectivity index (χ2v) is 5.39. The topological polar surface area (TPSA) is 41.9 Å². The number of hydrogen-bond acceptors (Lipinski definition) is 4. The maximum atomic E-state index is 11.1. The molecule has 1 unspecified atom stereocenters. The van der Waals surface area contributed by atoms with Crippen LogP contribution in [0.5, 0.6) is 11.5 Å². The van der Waals surface area contributed by atoms with Gasteiger partial charge in [0.25, 0.3) is 0 Å². The van der Waals surface area contributed by atoms with E-state index in [4.69, 9.17) is 34.1 Å². The van der Waals surface area contributed by atoms with Crippen LogP contribution in [0.25, 0.3) is 0 Å². The lowest BCUT2D eigenvalue weighted by Gasteiger charge is -2.46. The highest BCUT2D eigenvalue weighted by Gasteiger charge is 2.38. The summed E-state index contributed by atoms with van der Waals surface area (Å²) in [6, 6.07) is -0.0605. The lowest BCUT2D eigenvalue weighted by Crippen LogP contribution is -2.48. The third kappa shape index (κ3) is 3.20. The van der Waals surface area contributed by atoms with Gasteiger partial charge in [0.2, 0.25) is 0 Å². The highest BCUT2D eigenvalue weighted by atomic mass is 16.5. The van der Waals surface area contributed by atoms with Gasteiger partial charge < -0.3 is 14.6 Å². The van der Waals surface area contributed by atoms with Crippen molar-refractivity contribution >= 4 is 0 Å². The summed E-state index contributed by atoms with van der Waals surface area (Å²) in [6.07, 6.45) is -9.30. The summed E-state index contributed by atoms with van der Waals surface area (Å²) in [6.45, 7) is -9.32. The SMILES string of the molecule is [2H]C([2H])([2H])Oc1cc2c(cc1OC([2H])([2H])[2H])C([2H])([2H])C([2H])([2H])N1[C@H]2C[C@@H](O)[C@@H](C([2H])([2H])C([2H])(C)C([2H])([2H])[2H])C1([2H])[2H]. The van der Waals surface area contributed by atoms with Crippen molar-refractivity contribution in [2.24, 2.45) is 11.8 Å². The van der Waals surface area contributed by atoms with E-state index in [0.717, 1.165) is 12.1 Å². The van der Waals surface area contributed by atoms with Gasteiger partial charge in [0.05, 0.1) is 28.4 Å². The van der Waals surface area contributed by atoms with Crippen molar-refractivity contribution in [3.8, 4) is 11.5 Å². The summed E-state index contributed by atoms with van der Waals surface area (Å²) in [5, 5.41) is 11.1. The smallest absolute Gasteiger partial charge is 0.161 e. The first kappa shape index (κ1) is 5.37. The average molecular weight is 338 g/mol. The van der Waals surface area contributed by atoms with Crippen LogP contribution < -0.4 is 9.47 Å². The molecule has 4 atom stereocenters. The number of aliphatic hydroxyl groups excluding tert-OH is 1. The second-order valence-electron chi connectivity index (χ2n) is 5.39. The molecule has 2 heterocycles. The van der Waals surface area contributed by atoms with Gasteiger partial charge in [-0.25, -0.2) is 0 Å². The number of nitrogens with zero attached hydrogens (tertiary/aromatic N) is 1. The van der Waals surface area contributed by atoms with Crippen molar-refractivity contribution in [1.29, 1.82) is 0 Å². The summed E-state index contributed by atoms with van der Waals surface area (Å²) < 4.78 is 155. The van der Waals surface area contributed by atoms with E-state index in [2.05, 4.69) is 0 Å². The van der Waals surface area contributed by atoms with Crippen LogP contribution in [0.2, 0.25) is 0 Å². The zero-order valence-electron chi connectivity index (χ0n) is 30.3. The van der Waals surface area contributed by atoms with Crippen molar-refractivity contribution in [1.82, 2.24) is 4.90 Å². The molecule has 0 saturated carbocycles. The van der Waals surface area contributed by atoms with Crippen LogP contribution in [0.4, 0.5) is 0 Å². The van der Waals surface area contributed by atoms with Crippen LogP contribution in [0.1, 0.15) is 68.4 Å². The van der Waals surface area contributed by atoms with Crippen LogP contribution in [-0.2, 0) is 6.37 Å². The Kier molecular flexibility index (Phi) is 1.56. The van der Waals surface area contributed by atoms with Crippen LogP contribution >= 0.6 is 0 Å². The van der Waals surface area contributed by atoms with E-state index in [1.165, 1.54) is 0 Å². The molecule has 2 aliphatic heterocycles. The Balaban J connectivity index is 2.32. The average Bonchev–Trinajstić information content (AvgIpc) is 2.68. The molecule has 0 spiro atoms. The van der Waals surface area contributed by atoms with Gasteiger partial charge >= 0.3 is 0 Å². The molecular formula is C19H29NO3. The Morgan fingerprint density at radius 1 is 1.48 bits per heavy atom.